The minimum absolute atomic E-state index is 0.808. The Morgan fingerprint density at radius 2 is 0.554 bits per heavy atom. The Balaban J connectivity index is 1.02. The molecule has 8 aliphatic rings. The zero-order valence-corrected chi connectivity index (χ0v) is 37.7. The second-order valence-corrected chi connectivity index (χ2v) is 22.7. The van der Waals surface area contributed by atoms with Gasteiger partial charge < -0.3 is 0 Å². The molecular formula is C54H92N2. The molecule has 0 aromatic rings. The lowest BCUT2D eigenvalue weighted by Crippen LogP contribution is -2.67. The average molecular weight is 769 g/mol. The molecule has 2 heteroatoms. The van der Waals surface area contributed by atoms with E-state index in [1.807, 2.05) is 0 Å². The van der Waals surface area contributed by atoms with E-state index in [1.165, 1.54) is 193 Å². The first-order valence-corrected chi connectivity index (χ1v) is 26.3. The summed E-state index contributed by atoms with van der Waals surface area (Å²) in [4.78, 5) is 6.79. The molecular weight excluding hydrogens is 677 g/mol. The van der Waals surface area contributed by atoms with Gasteiger partial charge in [-0.1, -0.05) is 103 Å². The minimum Gasteiger partial charge on any atom is -0.294 e. The van der Waals surface area contributed by atoms with Crippen molar-refractivity contribution in [3.05, 3.63) is 24.3 Å². The third-order valence-electron chi connectivity index (χ3n) is 19.1. The zero-order valence-electron chi connectivity index (χ0n) is 37.7. The van der Waals surface area contributed by atoms with Crippen LogP contribution in [0, 0.1) is 59.2 Å². The lowest BCUT2D eigenvalue weighted by molar-refractivity contribution is -0.132. The van der Waals surface area contributed by atoms with E-state index in [2.05, 4.69) is 61.8 Å². The van der Waals surface area contributed by atoms with Gasteiger partial charge in [0, 0.05) is 36.3 Å². The molecule has 6 unspecified atom stereocenters. The molecule has 8 saturated carbocycles. The summed E-state index contributed by atoms with van der Waals surface area (Å²) >= 11 is 0. The topological polar surface area (TPSA) is 6.48 Å². The van der Waals surface area contributed by atoms with Crippen LogP contribution in [0.1, 0.15) is 220 Å². The first kappa shape index (κ1) is 42.1. The maximum Gasteiger partial charge on any atom is 0.0161 e. The molecule has 0 bridgehead atoms. The van der Waals surface area contributed by atoms with E-state index in [-0.39, 0.29) is 0 Å². The maximum atomic E-state index is 3.39. The molecule has 0 saturated heterocycles. The number of hydrogen-bond donors (Lipinski definition) is 0. The highest BCUT2D eigenvalue weighted by molar-refractivity contribution is 5.09. The van der Waals surface area contributed by atoms with Crippen LogP contribution in [0.4, 0.5) is 0 Å². The van der Waals surface area contributed by atoms with E-state index in [9.17, 15) is 0 Å². The number of fused-ring (bicyclic) bond motifs is 1. The largest absolute Gasteiger partial charge is 0.294 e. The third kappa shape index (κ3) is 10.1. The molecule has 0 N–H and O–H groups in total. The molecule has 56 heavy (non-hydrogen) atoms. The molecule has 6 atom stereocenters. The fourth-order valence-electron chi connectivity index (χ4n) is 15.5. The van der Waals surface area contributed by atoms with Crippen molar-refractivity contribution in [1.29, 1.82) is 0 Å². The van der Waals surface area contributed by atoms with Crippen molar-refractivity contribution in [3.8, 4) is 0 Å². The number of rotatable bonds is 10. The van der Waals surface area contributed by atoms with Crippen molar-refractivity contribution in [1.82, 2.24) is 9.80 Å². The minimum atomic E-state index is 0.808. The van der Waals surface area contributed by atoms with Gasteiger partial charge in [-0.2, -0.15) is 0 Å². The van der Waals surface area contributed by atoms with Gasteiger partial charge in [-0.3, -0.25) is 9.80 Å². The van der Waals surface area contributed by atoms with Crippen molar-refractivity contribution in [2.24, 2.45) is 59.2 Å². The first-order chi connectivity index (χ1) is 27.4. The van der Waals surface area contributed by atoms with Gasteiger partial charge >= 0.3 is 0 Å². The van der Waals surface area contributed by atoms with Crippen LogP contribution in [0.2, 0.25) is 0 Å². The summed E-state index contributed by atoms with van der Waals surface area (Å²) in [5.74, 6) is 8.80. The summed E-state index contributed by atoms with van der Waals surface area (Å²) in [5, 5.41) is 0. The normalized spacial score (nSPS) is 44.1. The quantitative estimate of drug-likeness (QED) is 0.204. The molecule has 0 aliphatic heterocycles. The van der Waals surface area contributed by atoms with Crippen LogP contribution >= 0.6 is 0 Å². The number of hydrogen-bond acceptors (Lipinski definition) is 2. The van der Waals surface area contributed by atoms with Crippen molar-refractivity contribution in [2.75, 3.05) is 0 Å². The molecule has 0 aromatic carbocycles. The first-order valence-electron chi connectivity index (χ1n) is 26.3. The van der Waals surface area contributed by atoms with Gasteiger partial charge in [0.2, 0.25) is 0 Å². The van der Waals surface area contributed by atoms with Gasteiger partial charge in [-0.05, 0) is 200 Å². The van der Waals surface area contributed by atoms with Crippen LogP contribution in [0.15, 0.2) is 24.3 Å². The Labute approximate surface area is 348 Å². The zero-order chi connectivity index (χ0) is 38.4. The highest BCUT2D eigenvalue weighted by Crippen LogP contribution is 2.54. The fourth-order valence-corrected chi connectivity index (χ4v) is 15.5. The number of nitrogens with zero attached hydrogens (tertiary/aromatic N) is 2. The van der Waals surface area contributed by atoms with Crippen LogP contribution in [-0.2, 0) is 0 Å². The SMILES string of the molecule is CC1CCC(N(C2CCC(/C=C/C3CCCCC3)CC2)C2C(C)C(C)C(N(C3CCC(C)CC3)C3CCC(/C=C/C4CCCCC4)CC3)C3CCCCC32)CC1. The molecule has 2 nitrogen and oxygen atoms in total. The molecule has 0 spiro atoms. The van der Waals surface area contributed by atoms with Gasteiger partial charge in [-0.15, -0.1) is 0 Å². The van der Waals surface area contributed by atoms with Crippen LogP contribution < -0.4 is 0 Å². The summed E-state index contributed by atoms with van der Waals surface area (Å²) in [6, 6.07) is 4.99. The van der Waals surface area contributed by atoms with Crippen molar-refractivity contribution < 1.29 is 0 Å². The van der Waals surface area contributed by atoms with Crippen molar-refractivity contribution >= 4 is 0 Å². The van der Waals surface area contributed by atoms with Crippen LogP contribution in [0.5, 0.6) is 0 Å². The maximum absolute atomic E-state index is 3.39. The van der Waals surface area contributed by atoms with E-state index < -0.39 is 0 Å². The van der Waals surface area contributed by atoms with E-state index >= 15 is 0 Å². The Kier molecular flexibility index (Phi) is 15.3. The fraction of sp³-hybridized carbons (Fsp3) is 0.926. The van der Waals surface area contributed by atoms with E-state index in [0.29, 0.717) is 0 Å². The Hall–Kier alpha value is -0.600. The third-order valence-corrected chi connectivity index (χ3v) is 19.1. The monoisotopic (exact) mass is 769 g/mol. The predicted molar refractivity (Wildman–Crippen MR) is 241 cm³/mol. The molecule has 318 valence electrons. The smallest absolute Gasteiger partial charge is 0.0161 e. The van der Waals surface area contributed by atoms with E-state index in [0.717, 1.165) is 95.4 Å². The van der Waals surface area contributed by atoms with Crippen LogP contribution in [0.25, 0.3) is 0 Å². The van der Waals surface area contributed by atoms with Gasteiger partial charge in [0.1, 0.15) is 0 Å². The van der Waals surface area contributed by atoms with Gasteiger partial charge in [0.05, 0.1) is 0 Å². The van der Waals surface area contributed by atoms with E-state index in [1.54, 1.807) is 0 Å². The van der Waals surface area contributed by atoms with Crippen molar-refractivity contribution in [2.45, 2.75) is 257 Å². The standard InChI is InChI=1S/C54H92N2/c1-39-19-31-47(32-20-39)55(49-35-27-45(28-36-49)25-23-43-13-7-5-8-14-43)53-41(3)42(4)54(52-18-12-11-17-51(52)53)56(48-33-21-40(2)22-34-48)50-37-29-46(30-38-50)26-24-44-15-9-6-10-16-44/h23-26,39-54H,5-22,27-38H2,1-4H3/b25-23+,26-24+. The Morgan fingerprint density at radius 3 is 0.875 bits per heavy atom. The Morgan fingerprint density at radius 1 is 0.286 bits per heavy atom. The molecule has 0 amide bonds. The van der Waals surface area contributed by atoms with Gasteiger partial charge in [0.25, 0.3) is 0 Å². The molecule has 0 heterocycles. The molecule has 0 aromatic heterocycles. The molecule has 8 aliphatic carbocycles. The predicted octanol–water partition coefficient (Wildman–Crippen LogP) is 15.0. The average Bonchev–Trinajstić information content (AvgIpc) is 3.25. The highest BCUT2D eigenvalue weighted by Gasteiger charge is 2.55. The van der Waals surface area contributed by atoms with Crippen molar-refractivity contribution in [3.63, 3.8) is 0 Å². The highest BCUT2D eigenvalue weighted by atomic mass is 15.3. The van der Waals surface area contributed by atoms with E-state index in [4.69, 9.17) is 0 Å². The lowest BCUT2D eigenvalue weighted by atomic mass is 9.57. The number of allylic oxidation sites excluding steroid dienone is 4. The lowest BCUT2D eigenvalue weighted by Gasteiger charge is -2.63. The Bertz CT molecular complexity index is 1100. The summed E-state index contributed by atoms with van der Waals surface area (Å²) in [5.41, 5.74) is 0. The second-order valence-electron chi connectivity index (χ2n) is 22.7. The van der Waals surface area contributed by atoms with Gasteiger partial charge in [0.15, 0.2) is 0 Å². The summed E-state index contributed by atoms with van der Waals surface area (Å²) in [6.45, 7) is 10.7. The van der Waals surface area contributed by atoms with Crippen LogP contribution in [-0.4, -0.2) is 46.1 Å². The molecule has 0 radical (unpaired) electrons. The van der Waals surface area contributed by atoms with Crippen LogP contribution in [0.3, 0.4) is 0 Å². The summed E-state index contributed by atoms with van der Waals surface area (Å²) in [7, 11) is 0. The molecule has 8 rings (SSSR count). The molecule has 8 fully saturated rings. The van der Waals surface area contributed by atoms with Gasteiger partial charge in [-0.25, -0.2) is 0 Å². The summed E-state index contributed by atoms with van der Waals surface area (Å²) in [6.07, 6.45) is 55.0. The summed E-state index contributed by atoms with van der Waals surface area (Å²) < 4.78 is 0. The second kappa shape index (κ2) is 20.3.